The van der Waals surface area contributed by atoms with E-state index < -0.39 is 48.3 Å². The van der Waals surface area contributed by atoms with Crippen LogP contribution in [0.15, 0.2) is 96.1 Å². The highest BCUT2D eigenvalue weighted by Gasteiger charge is 2.51. The lowest BCUT2D eigenvalue weighted by molar-refractivity contribution is -0.150. The van der Waals surface area contributed by atoms with Crippen LogP contribution in [0, 0.1) is 36.5 Å². The maximum absolute atomic E-state index is 13.1. The summed E-state index contributed by atoms with van der Waals surface area (Å²) in [5.41, 5.74) is 2.78. The van der Waals surface area contributed by atoms with Gasteiger partial charge in [-0.1, -0.05) is 47.5 Å². The van der Waals surface area contributed by atoms with Gasteiger partial charge in [-0.3, -0.25) is 0 Å². The topological polar surface area (TPSA) is 190 Å². The van der Waals surface area contributed by atoms with Gasteiger partial charge in [0.25, 0.3) is 0 Å². The van der Waals surface area contributed by atoms with Crippen molar-refractivity contribution >= 4 is 36.0 Å². The van der Waals surface area contributed by atoms with E-state index in [9.17, 15) is 29.7 Å². The lowest BCUT2D eigenvalue weighted by Gasteiger charge is -2.17. The molecule has 0 spiro atoms. The second kappa shape index (κ2) is 18.1. The Morgan fingerprint density at radius 2 is 0.966 bits per heavy atom. The minimum absolute atomic E-state index is 0.107. The minimum Gasteiger partial charge on any atom is -0.493 e. The molecule has 0 aromatic heterocycles. The largest absolute Gasteiger partial charge is 0.493 e. The highest BCUT2D eigenvalue weighted by atomic mass is 16.7. The Morgan fingerprint density at radius 3 is 1.31 bits per heavy atom. The fourth-order valence-corrected chi connectivity index (χ4v) is 6.05. The molecule has 0 aliphatic carbocycles. The van der Waals surface area contributed by atoms with Crippen LogP contribution in [0.3, 0.4) is 0 Å². The monoisotopic (exact) mass is 784 g/mol. The molecule has 2 aliphatic heterocycles. The predicted octanol–water partition coefficient (Wildman–Crippen LogP) is 5.89. The normalized spacial score (nSPS) is 18.5. The van der Waals surface area contributed by atoms with Crippen molar-refractivity contribution in [3.05, 3.63) is 129 Å². The summed E-state index contributed by atoms with van der Waals surface area (Å²) in [6.45, 7) is 3.59. The Balaban J connectivity index is 1.06. The van der Waals surface area contributed by atoms with Crippen LogP contribution >= 0.6 is 0 Å². The number of carbonyl (C=O) groups excluding carboxylic acids is 4. The van der Waals surface area contributed by atoms with E-state index >= 15 is 0 Å². The average Bonchev–Trinajstić information content (AvgIpc) is 3.82. The van der Waals surface area contributed by atoms with Crippen LogP contribution in [0.25, 0.3) is 12.2 Å². The molecule has 2 saturated heterocycles. The van der Waals surface area contributed by atoms with Gasteiger partial charge in [0.1, 0.15) is 35.5 Å². The van der Waals surface area contributed by atoms with Gasteiger partial charge in [-0.25, -0.2) is 19.2 Å². The minimum atomic E-state index is -0.948. The van der Waals surface area contributed by atoms with Crippen molar-refractivity contribution in [2.75, 3.05) is 27.4 Å². The van der Waals surface area contributed by atoms with Gasteiger partial charge in [0.05, 0.1) is 38.6 Å². The highest BCUT2D eigenvalue weighted by molar-refractivity contribution is 5.99. The summed E-state index contributed by atoms with van der Waals surface area (Å²) in [5, 5.41) is 19.6. The summed E-state index contributed by atoms with van der Waals surface area (Å²) in [7, 11) is 2.77. The smallest absolute Gasteiger partial charge is 0.349 e. The Hall–Kier alpha value is -7.26. The molecule has 2 fully saturated rings. The van der Waals surface area contributed by atoms with Crippen LogP contribution in [0.1, 0.15) is 43.0 Å². The average molecular weight is 785 g/mol. The highest BCUT2D eigenvalue weighted by Crippen LogP contribution is 2.34. The third-order valence-electron chi connectivity index (χ3n) is 9.14. The van der Waals surface area contributed by atoms with Gasteiger partial charge in [0.15, 0.2) is 35.2 Å². The zero-order valence-electron chi connectivity index (χ0n) is 31.8. The number of fused-ring (bicyclic) bond motifs is 1. The van der Waals surface area contributed by atoms with E-state index in [0.29, 0.717) is 22.3 Å². The number of carbonyl (C=O) groups is 4. The molecule has 6 rings (SSSR count). The predicted molar refractivity (Wildman–Crippen MR) is 205 cm³/mol. The number of rotatable bonds is 12. The third-order valence-corrected chi connectivity index (χ3v) is 9.14. The second-order valence-electron chi connectivity index (χ2n) is 13.2. The van der Waals surface area contributed by atoms with Gasteiger partial charge in [0.2, 0.25) is 0 Å². The molecule has 0 saturated carbocycles. The molecule has 58 heavy (non-hydrogen) atoms. The SMILES string of the molecule is COc1cc(/C=C(\C#N)C(=O)O[C@H]2CO[C@H]3[C@@H]2OC[C@H]3OC(=O)/C(C#N)=C/c2ccc(OC(=O)c3ccc(C)cc3)c(OC)c2)ccc1OC(=O)c1ccc(C)cc1. The molecule has 0 radical (unpaired) electrons. The molecule has 2 heterocycles. The van der Waals surface area contributed by atoms with E-state index in [2.05, 4.69) is 0 Å². The van der Waals surface area contributed by atoms with Crippen LogP contribution in [0.5, 0.6) is 23.0 Å². The van der Waals surface area contributed by atoms with Crippen molar-refractivity contribution in [3.63, 3.8) is 0 Å². The third kappa shape index (κ3) is 9.39. The van der Waals surface area contributed by atoms with E-state index in [1.54, 1.807) is 60.7 Å². The molecule has 294 valence electrons. The van der Waals surface area contributed by atoms with Crippen LogP contribution < -0.4 is 18.9 Å². The standard InChI is InChI=1S/C44H36N2O12/c1-25-5-11-29(12-6-25)41(47)55-33-15-9-27(19-35(33)51-3)17-31(21-45)43(49)57-37-23-53-40-38(24-54-39(37)40)58-44(50)32(22-46)18-28-10-16-34(36(20-28)52-4)56-42(48)30-13-7-26(2)8-14-30/h5-20,37-40H,23-24H2,1-4H3/b31-17+,32-18+/t37-,38+,39-,40-/m1/s1. The van der Waals surface area contributed by atoms with Crippen LogP contribution in [-0.4, -0.2) is 75.7 Å². The van der Waals surface area contributed by atoms with Crippen molar-refractivity contribution in [2.45, 2.75) is 38.3 Å². The van der Waals surface area contributed by atoms with Gasteiger partial charge in [-0.2, -0.15) is 10.5 Å². The van der Waals surface area contributed by atoms with Gasteiger partial charge >= 0.3 is 23.9 Å². The number of benzene rings is 4. The summed E-state index contributed by atoms with van der Waals surface area (Å²) < 4.78 is 44.6. The summed E-state index contributed by atoms with van der Waals surface area (Å²) in [6, 6.07) is 26.4. The van der Waals surface area contributed by atoms with Crippen LogP contribution in [-0.2, 0) is 28.5 Å². The summed E-state index contributed by atoms with van der Waals surface area (Å²) in [4.78, 5) is 51.6. The number of ether oxygens (including phenoxy) is 8. The number of esters is 4. The fraction of sp³-hybridized carbons (Fsp3) is 0.227. The second-order valence-corrected chi connectivity index (χ2v) is 13.2. The maximum atomic E-state index is 13.1. The van der Waals surface area contributed by atoms with E-state index in [0.717, 1.165) is 11.1 Å². The summed E-state index contributed by atoms with van der Waals surface area (Å²) >= 11 is 0. The van der Waals surface area contributed by atoms with Crippen molar-refractivity contribution in [1.82, 2.24) is 0 Å². The Kier molecular flexibility index (Phi) is 12.6. The lowest BCUT2D eigenvalue weighted by atomic mass is 10.1. The number of nitriles is 2. The molecular formula is C44H36N2O12. The number of hydrogen-bond acceptors (Lipinski definition) is 14. The van der Waals surface area contributed by atoms with Crippen molar-refractivity contribution in [3.8, 4) is 35.1 Å². The van der Waals surface area contributed by atoms with E-state index in [1.165, 1.54) is 50.6 Å². The summed E-state index contributed by atoms with van der Waals surface area (Å²) in [6.07, 6.45) is -0.931. The van der Waals surface area contributed by atoms with E-state index in [4.69, 9.17) is 37.9 Å². The Morgan fingerprint density at radius 1 is 0.586 bits per heavy atom. The summed E-state index contributed by atoms with van der Waals surface area (Å²) in [5.74, 6) is -2.41. The zero-order valence-corrected chi connectivity index (χ0v) is 31.8. The Labute approximate surface area is 333 Å². The fourth-order valence-electron chi connectivity index (χ4n) is 6.05. The van der Waals surface area contributed by atoms with E-state index in [-0.39, 0.29) is 47.4 Å². The van der Waals surface area contributed by atoms with Crippen molar-refractivity contribution < 1.29 is 57.1 Å². The first kappa shape index (κ1) is 40.4. The quantitative estimate of drug-likeness (QED) is 0.0715. The number of methoxy groups -OCH3 is 2. The molecule has 0 unspecified atom stereocenters. The van der Waals surface area contributed by atoms with Gasteiger partial charge in [-0.15, -0.1) is 0 Å². The molecule has 0 N–H and O–H groups in total. The lowest BCUT2D eigenvalue weighted by Crippen LogP contribution is -2.36. The zero-order chi connectivity index (χ0) is 41.3. The van der Waals surface area contributed by atoms with Crippen LogP contribution in [0.2, 0.25) is 0 Å². The molecule has 14 nitrogen and oxygen atoms in total. The molecule has 4 aromatic rings. The number of nitrogens with zero attached hydrogens (tertiary/aromatic N) is 2. The Bertz CT molecular complexity index is 2200. The first-order valence-electron chi connectivity index (χ1n) is 17.8. The van der Waals surface area contributed by atoms with E-state index in [1.807, 2.05) is 26.0 Å². The number of aryl methyl sites for hydroxylation is 2. The first-order chi connectivity index (χ1) is 28.0. The van der Waals surface area contributed by atoms with Gasteiger partial charge < -0.3 is 37.9 Å². The maximum Gasteiger partial charge on any atom is 0.349 e. The van der Waals surface area contributed by atoms with Crippen molar-refractivity contribution in [1.29, 1.82) is 10.5 Å². The first-order valence-corrected chi connectivity index (χ1v) is 17.8. The molecule has 0 bridgehead atoms. The van der Waals surface area contributed by atoms with Crippen molar-refractivity contribution in [2.24, 2.45) is 0 Å². The molecule has 4 aromatic carbocycles. The molecule has 2 aliphatic rings. The number of hydrogen-bond donors (Lipinski definition) is 0. The molecule has 14 heteroatoms. The van der Waals surface area contributed by atoms with Gasteiger partial charge in [-0.05, 0) is 85.7 Å². The van der Waals surface area contributed by atoms with Gasteiger partial charge in [0, 0.05) is 0 Å². The van der Waals surface area contributed by atoms with Crippen LogP contribution in [0.4, 0.5) is 0 Å². The molecular weight excluding hydrogens is 748 g/mol. The molecule has 4 atom stereocenters. The molecule has 0 amide bonds.